The van der Waals surface area contributed by atoms with Crippen LogP contribution in [-0.2, 0) is 0 Å². The van der Waals surface area contributed by atoms with Crippen molar-refractivity contribution in [3.05, 3.63) is 0 Å². The van der Waals surface area contributed by atoms with Crippen LogP contribution in [0.1, 0.15) is 162 Å². The molecule has 0 spiro atoms. The van der Waals surface area contributed by atoms with Gasteiger partial charge in [-0.2, -0.15) is 0 Å². The second kappa shape index (κ2) is 26.9. The van der Waals surface area contributed by atoms with Gasteiger partial charge in [0.1, 0.15) is 0 Å². The van der Waals surface area contributed by atoms with Gasteiger partial charge in [-0.3, -0.25) is 0 Å². The van der Waals surface area contributed by atoms with Gasteiger partial charge >= 0.3 is 0 Å². The Morgan fingerprint density at radius 1 is 0.368 bits per heavy atom. The van der Waals surface area contributed by atoms with E-state index in [2.05, 4.69) is 27.7 Å². The topological polar surface area (TPSA) is 80.9 Å². The number of hydrogen-bond donors (Lipinski definition) is 4. The van der Waals surface area contributed by atoms with Crippen LogP contribution in [0.25, 0.3) is 0 Å². The molecule has 0 amide bonds. The van der Waals surface area contributed by atoms with Gasteiger partial charge in [0, 0.05) is 0 Å². The minimum Gasteiger partial charge on any atom is -1.00 e. The average molecular weight is 558 g/mol. The molecule has 38 heavy (non-hydrogen) atoms. The average Bonchev–Trinajstić information content (AvgIpc) is 2.61. The van der Waals surface area contributed by atoms with E-state index in [0.717, 1.165) is 0 Å². The summed E-state index contributed by atoms with van der Waals surface area (Å²) in [6.07, 6.45) is 11.1. The Morgan fingerprint density at radius 2 is 0.474 bits per heavy atom. The van der Waals surface area contributed by atoms with Crippen LogP contribution in [0.5, 0.6) is 0 Å². The van der Waals surface area contributed by atoms with E-state index >= 15 is 0 Å². The zero-order valence-corrected chi connectivity index (χ0v) is 29.1. The molecule has 0 atom stereocenters. The van der Waals surface area contributed by atoms with E-state index in [-0.39, 0.29) is 4.70 Å². The number of hydrogen-bond acceptors (Lipinski definition) is 4. The quantitative estimate of drug-likeness (QED) is 0.251. The lowest BCUT2D eigenvalue weighted by molar-refractivity contribution is -0.929. The summed E-state index contributed by atoms with van der Waals surface area (Å²) in [6.45, 7) is 35.9. The monoisotopic (exact) mass is 558 g/mol. The smallest absolute Gasteiger partial charge is 0.0786 e. The summed E-state index contributed by atoms with van der Waals surface area (Å²) in [5.74, 6) is 0. The lowest BCUT2D eigenvalue weighted by Crippen LogP contribution is -3.00. The van der Waals surface area contributed by atoms with E-state index < -0.39 is 22.4 Å². The molecule has 0 bridgehead atoms. The van der Waals surface area contributed by atoms with Crippen molar-refractivity contribution in [1.82, 2.24) is 0 Å². The molecule has 0 aromatic carbocycles. The van der Waals surface area contributed by atoms with Crippen LogP contribution < -0.4 is 4.70 Å². The number of unbranched alkanes of at least 4 members (excludes halogenated alkanes) is 4. The molecule has 0 rings (SSSR count). The highest BCUT2D eigenvalue weighted by Crippen LogP contribution is 2.16. The van der Waals surface area contributed by atoms with Gasteiger partial charge in [-0.1, -0.05) is 53.4 Å². The standard InChI is InChI=1S/C16H36N.4C4H10O.FH/c1-5-9-13-17(14-10-6-2,15-11-7-3)16-12-8-4;4*1-4(2,3)5;/h5-16H2,1-4H3;4*5H,1-3H3;1H/q+1;;;;;/p-1. The van der Waals surface area contributed by atoms with Crippen molar-refractivity contribution < 1.29 is 29.6 Å². The first kappa shape index (κ1) is 50.6. The molecule has 0 aliphatic heterocycles. The van der Waals surface area contributed by atoms with E-state index in [0.29, 0.717) is 0 Å². The predicted molar refractivity (Wildman–Crippen MR) is 167 cm³/mol. The van der Waals surface area contributed by atoms with E-state index in [1.54, 1.807) is 83.1 Å². The largest absolute Gasteiger partial charge is 1.00 e. The Labute approximate surface area is 240 Å². The second-order valence-electron chi connectivity index (χ2n) is 14.3. The maximum atomic E-state index is 8.52. The van der Waals surface area contributed by atoms with Crippen molar-refractivity contribution >= 4 is 0 Å². The summed E-state index contributed by atoms with van der Waals surface area (Å²) in [5.41, 5.74) is -2.00. The lowest BCUT2D eigenvalue weighted by Gasteiger charge is -2.39. The number of nitrogens with zero attached hydrogens (tertiary/aromatic N) is 1. The highest BCUT2D eigenvalue weighted by molar-refractivity contribution is 4.52. The Hall–Kier alpha value is -0.270. The molecule has 0 aliphatic rings. The van der Waals surface area contributed by atoms with Gasteiger partial charge in [0.15, 0.2) is 0 Å². The van der Waals surface area contributed by atoms with Crippen LogP contribution in [0.3, 0.4) is 0 Å². The Morgan fingerprint density at radius 3 is 0.553 bits per heavy atom. The van der Waals surface area contributed by atoms with Crippen molar-refractivity contribution in [3.63, 3.8) is 0 Å². The van der Waals surface area contributed by atoms with E-state index in [9.17, 15) is 0 Å². The van der Waals surface area contributed by atoms with Crippen LogP contribution in [0, 0.1) is 0 Å². The van der Waals surface area contributed by atoms with Gasteiger partial charge in [0.25, 0.3) is 0 Å². The SMILES string of the molecule is CC(C)(C)O.CC(C)(C)O.CC(C)(C)O.CC(C)(C)O.CCCC[N+](CCCC)(CCCC)CCCC.[F-]. The molecule has 0 saturated carbocycles. The Bertz CT molecular complexity index is 335. The third kappa shape index (κ3) is 111. The van der Waals surface area contributed by atoms with Crippen LogP contribution in [0.2, 0.25) is 0 Å². The summed E-state index contributed by atoms with van der Waals surface area (Å²) >= 11 is 0. The number of halogens is 1. The number of rotatable bonds is 12. The summed E-state index contributed by atoms with van der Waals surface area (Å²) in [4.78, 5) is 0. The molecule has 0 unspecified atom stereocenters. The van der Waals surface area contributed by atoms with Gasteiger partial charge in [-0.25, -0.2) is 0 Å². The first-order valence-electron chi connectivity index (χ1n) is 15.0. The summed E-state index contributed by atoms with van der Waals surface area (Å²) in [7, 11) is 0. The maximum absolute atomic E-state index is 8.52. The highest BCUT2D eigenvalue weighted by Gasteiger charge is 2.24. The van der Waals surface area contributed by atoms with Crippen molar-refractivity contribution in [3.8, 4) is 0 Å². The molecular weight excluding hydrogens is 481 g/mol. The Kier molecular flexibility index (Phi) is 35.8. The summed E-state index contributed by atoms with van der Waals surface area (Å²) in [5, 5.41) is 34.1. The fraction of sp³-hybridized carbons (Fsp3) is 1.00. The predicted octanol–water partition coefficient (Wildman–Crippen LogP) is 5.12. The molecule has 0 aromatic heterocycles. The van der Waals surface area contributed by atoms with Crippen LogP contribution in [-0.4, -0.2) is 73.5 Å². The van der Waals surface area contributed by atoms with Gasteiger partial charge in [0.05, 0.1) is 48.6 Å². The first-order chi connectivity index (χ1) is 16.2. The van der Waals surface area contributed by atoms with E-state index in [1.807, 2.05) is 0 Å². The minimum absolute atomic E-state index is 0. The molecule has 0 heterocycles. The van der Waals surface area contributed by atoms with Crippen LogP contribution in [0.15, 0.2) is 0 Å². The maximum Gasteiger partial charge on any atom is 0.0786 e. The molecule has 240 valence electrons. The summed E-state index contributed by atoms with van der Waals surface area (Å²) < 4.78 is 1.42. The van der Waals surface area contributed by atoms with Crippen LogP contribution in [0.4, 0.5) is 0 Å². The zero-order valence-electron chi connectivity index (χ0n) is 29.1. The van der Waals surface area contributed by atoms with Gasteiger partial charge < -0.3 is 29.6 Å². The summed E-state index contributed by atoms with van der Waals surface area (Å²) in [6, 6.07) is 0. The van der Waals surface area contributed by atoms with Gasteiger partial charge in [0.2, 0.25) is 0 Å². The first-order valence-corrected chi connectivity index (χ1v) is 15.0. The molecule has 0 aliphatic carbocycles. The minimum atomic E-state index is -0.500. The Balaban J connectivity index is -0.0000000997. The third-order valence-electron chi connectivity index (χ3n) is 3.94. The van der Waals surface area contributed by atoms with Crippen molar-refractivity contribution in [2.45, 2.75) is 185 Å². The molecule has 0 fully saturated rings. The second-order valence-corrected chi connectivity index (χ2v) is 14.3. The third-order valence-corrected chi connectivity index (χ3v) is 3.94. The van der Waals surface area contributed by atoms with Crippen LogP contribution >= 0.6 is 0 Å². The van der Waals surface area contributed by atoms with Gasteiger partial charge in [-0.05, 0) is 109 Å². The van der Waals surface area contributed by atoms with Crippen molar-refractivity contribution in [2.24, 2.45) is 0 Å². The molecule has 5 nitrogen and oxygen atoms in total. The normalized spacial score (nSPS) is 11.7. The molecular formula is C32H76FNO4. The molecule has 4 N–H and O–H groups in total. The zero-order chi connectivity index (χ0) is 31.0. The lowest BCUT2D eigenvalue weighted by atomic mass is 10.1. The number of quaternary nitrogens is 1. The highest BCUT2D eigenvalue weighted by atomic mass is 19.0. The molecule has 0 saturated heterocycles. The fourth-order valence-corrected chi connectivity index (χ4v) is 2.64. The van der Waals surface area contributed by atoms with E-state index in [4.69, 9.17) is 20.4 Å². The molecule has 0 aromatic rings. The fourth-order valence-electron chi connectivity index (χ4n) is 2.64. The van der Waals surface area contributed by atoms with E-state index in [1.165, 1.54) is 82.0 Å². The number of aliphatic hydroxyl groups is 4. The van der Waals surface area contributed by atoms with Crippen molar-refractivity contribution in [1.29, 1.82) is 0 Å². The molecule has 0 radical (unpaired) electrons. The van der Waals surface area contributed by atoms with Crippen molar-refractivity contribution in [2.75, 3.05) is 26.2 Å². The molecule has 6 heteroatoms. The van der Waals surface area contributed by atoms with Gasteiger partial charge in [-0.15, -0.1) is 0 Å².